The fraction of sp³-hybridized carbons (Fsp3) is 0.500. The molecule has 0 aromatic heterocycles. The van der Waals surface area contributed by atoms with Crippen LogP contribution in [0.15, 0.2) is 6.07 Å². The van der Waals surface area contributed by atoms with Crippen LogP contribution in [0.25, 0.3) is 0 Å². The van der Waals surface area contributed by atoms with Gasteiger partial charge < -0.3 is 34.8 Å². The first kappa shape index (κ1) is 32.1. The van der Waals surface area contributed by atoms with Crippen molar-refractivity contribution >= 4 is 0 Å². The molecule has 0 fully saturated rings. The largest absolute Gasteiger partial charge is 4.00 e. The van der Waals surface area contributed by atoms with Crippen molar-refractivity contribution in [1.29, 1.82) is 0 Å². The Morgan fingerprint density at radius 2 is 0.952 bits per heavy atom. The molecular weight excluding hydrogens is 306 g/mol. The average molecular weight is 327 g/mol. The fourth-order valence-corrected chi connectivity index (χ4v) is 1.52. The van der Waals surface area contributed by atoms with Crippen LogP contribution in [0.1, 0.15) is 27.7 Å². The van der Waals surface area contributed by atoms with Crippen molar-refractivity contribution in [3.8, 4) is 0 Å². The number of quaternary nitrogens is 1. The van der Waals surface area contributed by atoms with E-state index >= 15 is 0 Å². The summed E-state index contributed by atoms with van der Waals surface area (Å²) >= 11 is 0. The first-order valence-electron chi connectivity index (χ1n) is 6.03. The first-order valence-corrected chi connectivity index (χ1v) is 6.03. The fourth-order valence-electron chi connectivity index (χ4n) is 1.52. The van der Waals surface area contributed by atoms with Crippen molar-refractivity contribution in [3.63, 3.8) is 0 Å². The third-order valence-corrected chi connectivity index (χ3v) is 3.03. The number of hydrogen-bond acceptors (Lipinski definition) is 0. The molecule has 0 atom stereocenters. The molecule has 1 aromatic carbocycles. The van der Waals surface area contributed by atoms with Crippen molar-refractivity contribution in [2.45, 2.75) is 27.7 Å². The van der Waals surface area contributed by atoms with Crippen LogP contribution in [0.5, 0.6) is 0 Å². The summed E-state index contributed by atoms with van der Waals surface area (Å²) in [5, 5.41) is 0. The molecule has 0 saturated carbocycles. The molecule has 0 saturated heterocycles. The molecule has 0 radical (unpaired) electrons. The van der Waals surface area contributed by atoms with Gasteiger partial charge in [-0.1, -0.05) is 0 Å². The maximum Gasteiger partial charge on any atom is 4.00 e. The van der Waals surface area contributed by atoms with E-state index in [1.54, 1.807) is 6.07 Å². The van der Waals surface area contributed by atoms with Crippen LogP contribution in [-0.2, 0) is 31.3 Å². The van der Waals surface area contributed by atoms with Crippen molar-refractivity contribution < 1.29 is 35.8 Å². The van der Waals surface area contributed by atoms with Gasteiger partial charge in [0.05, 0.1) is 26.2 Å². The maximum absolute atomic E-state index is 7.50. The topological polar surface area (TPSA) is 59.7 Å². The Balaban J connectivity index is -0.0000000606. The van der Waals surface area contributed by atoms with E-state index in [2.05, 4.69) is 71.9 Å². The summed E-state index contributed by atoms with van der Waals surface area (Å²) in [6, 6.07) is 12.0. The van der Waals surface area contributed by atoms with Gasteiger partial charge in [-0.25, -0.2) is 0 Å². The van der Waals surface area contributed by atoms with E-state index in [4.69, 9.17) is 14.0 Å². The second-order valence-electron chi connectivity index (χ2n) is 3.29. The summed E-state index contributed by atoms with van der Waals surface area (Å²) in [6.45, 7) is 27.7. The van der Waals surface area contributed by atoms with Crippen LogP contribution in [0.2, 0.25) is 0 Å². The van der Waals surface area contributed by atoms with Gasteiger partial charge in [-0.2, -0.15) is 0 Å². The molecule has 21 heavy (non-hydrogen) atoms. The molecule has 0 N–H and O–H groups in total. The van der Waals surface area contributed by atoms with Crippen molar-refractivity contribution in [2.75, 3.05) is 26.2 Å². The molecule has 0 aliphatic carbocycles. The quantitative estimate of drug-likeness (QED) is 0.463. The van der Waals surface area contributed by atoms with E-state index in [1.807, 2.05) is 0 Å². The molecule has 0 aliphatic heterocycles. The number of hydrogen-bond donors (Lipinski definition) is 0. The third kappa shape index (κ3) is 21.5. The molecule has 1 rings (SSSR count). The van der Waals surface area contributed by atoms with Gasteiger partial charge >= 0.3 is 51.3 Å². The smallest absolute Gasteiger partial charge is 0.999 e. The van der Waals surface area contributed by atoms with E-state index < -0.39 is 0 Å². The molecule has 5 heteroatoms. The molecule has 4 nitrogen and oxygen atoms in total. The van der Waals surface area contributed by atoms with Crippen LogP contribution >= 0.6 is 0 Å². The van der Waals surface area contributed by atoms with E-state index in [9.17, 15) is 0 Å². The van der Waals surface area contributed by atoms with Gasteiger partial charge in [0.15, 0.2) is 0 Å². The number of rotatable bonds is 4. The van der Waals surface area contributed by atoms with Crippen LogP contribution in [0.4, 0.5) is 0 Å². The predicted molar refractivity (Wildman–Crippen MR) is 71.6 cm³/mol. The van der Waals surface area contributed by atoms with E-state index in [1.165, 1.54) is 30.7 Å². The van der Waals surface area contributed by atoms with E-state index in [0.29, 0.717) is 0 Å². The second-order valence-corrected chi connectivity index (χ2v) is 3.29. The Bertz CT molecular complexity index is 252. The maximum atomic E-state index is 7.50. The van der Waals surface area contributed by atoms with Gasteiger partial charge in [-0.05, 0) is 27.7 Å². The minimum absolute atomic E-state index is 0. The number of nitrogens with zero attached hydrogens (tertiary/aromatic N) is 1. The molecule has 0 amide bonds. The molecular formula is C16H21CrNO3. The summed E-state index contributed by atoms with van der Waals surface area (Å²) in [6.07, 6.45) is 0. The minimum Gasteiger partial charge on any atom is -0.999 e. The molecule has 1 aromatic rings. The summed E-state index contributed by atoms with van der Waals surface area (Å²) in [7, 11) is 0. The second kappa shape index (κ2) is 31.4. The van der Waals surface area contributed by atoms with Crippen LogP contribution < -0.4 is 0 Å². The Labute approximate surface area is 140 Å². The summed E-state index contributed by atoms with van der Waals surface area (Å²) in [5.74, 6) is 0. The Kier molecular flexibility index (Phi) is 48.1. The van der Waals surface area contributed by atoms with Crippen molar-refractivity contribution in [3.05, 3.63) is 50.3 Å². The summed E-state index contributed by atoms with van der Waals surface area (Å²) in [4.78, 5) is 0. The van der Waals surface area contributed by atoms with Crippen LogP contribution in [-0.4, -0.2) is 30.7 Å². The Morgan fingerprint density at radius 1 is 0.714 bits per heavy atom. The SMILES string of the molecule is CC[N+](CC)(CC)CC.[C-]#[O+].[C-]#[O+].[C-]#[O+].[Cr+4].[c-]1[c-][c-][cH-][c-]1. The van der Waals surface area contributed by atoms with E-state index in [-0.39, 0.29) is 17.4 Å². The van der Waals surface area contributed by atoms with Gasteiger partial charge in [-0.3, -0.25) is 0 Å². The molecule has 114 valence electrons. The summed E-state index contributed by atoms with van der Waals surface area (Å²) < 4.78 is 23.8. The van der Waals surface area contributed by atoms with Gasteiger partial charge in [0, 0.05) is 0 Å². The summed E-state index contributed by atoms with van der Waals surface area (Å²) in [5.41, 5.74) is 0. The zero-order valence-electron chi connectivity index (χ0n) is 13.0. The first-order chi connectivity index (χ1) is 9.74. The van der Waals surface area contributed by atoms with Crippen LogP contribution in [0.3, 0.4) is 0 Å². The molecule has 0 heterocycles. The van der Waals surface area contributed by atoms with Gasteiger partial charge in [0.25, 0.3) is 0 Å². The Morgan fingerprint density at radius 3 is 1.00 bits per heavy atom. The minimum atomic E-state index is 0. The Hall–Kier alpha value is -0.938. The zero-order valence-corrected chi connectivity index (χ0v) is 14.3. The molecule has 0 bridgehead atoms. The molecule has 0 spiro atoms. The van der Waals surface area contributed by atoms with Crippen molar-refractivity contribution in [1.82, 2.24) is 0 Å². The third-order valence-electron chi connectivity index (χ3n) is 3.03. The van der Waals surface area contributed by atoms with Crippen LogP contribution in [0, 0.1) is 44.2 Å². The van der Waals surface area contributed by atoms with Gasteiger partial charge in [-0.15, -0.1) is 0 Å². The molecule has 0 aliphatic rings. The van der Waals surface area contributed by atoms with Crippen molar-refractivity contribution in [2.24, 2.45) is 0 Å². The van der Waals surface area contributed by atoms with E-state index in [0.717, 1.165) is 0 Å². The zero-order chi connectivity index (χ0) is 16.9. The monoisotopic (exact) mass is 327 g/mol. The van der Waals surface area contributed by atoms with Gasteiger partial charge in [0.1, 0.15) is 0 Å². The standard InChI is InChI=1S/C8H20N.C5H.3CO.Cr/c1-5-9(6-2,7-3)8-4;1-2-4-5-3-1;3*1-2;/h5-8H2,1-4H3;1H;;;;/q+1;-5;;;;+4. The predicted octanol–water partition coefficient (Wildman–Crippen LogP) is 2.37. The average Bonchev–Trinajstić information content (AvgIpc) is 3.16. The normalized spacial score (nSPS) is 7.33. The molecule has 0 unspecified atom stereocenters. The van der Waals surface area contributed by atoms with Gasteiger partial charge in [0.2, 0.25) is 0 Å².